The zero-order valence-electron chi connectivity index (χ0n) is 19.8. The molecular formula is C28H28N2O4. The van der Waals surface area contributed by atoms with Crippen LogP contribution in [-0.4, -0.2) is 35.8 Å². The predicted octanol–water partition coefficient (Wildman–Crippen LogP) is 5.38. The van der Waals surface area contributed by atoms with Crippen LogP contribution < -0.4 is 5.32 Å². The van der Waals surface area contributed by atoms with Gasteiger partial charge < -0.3 is 15.0 Å². The Balaban J connectivity index is 1.54. The fourth-order valence-electron chi connectivity index (χ4n) is 4.43. The van der Waals surface area contributed by atoms with E-state index in [4.69, 9.17) is 4.74 Å². The number of fused-ring (bicyclic) bond motifs is 1. The number of carbonyl (C=O) groups excluding carboxylic acids is 3. The van der Waals surface area contributed by atoms with Crippen molar-refractivity contribution >= 4 is 23.5 Å². The van der Waals surface area contributed by atoms with Crippen LogP contribution >= 0.6 is 0 Å². The number of carbonyl (C=O) groups is 3. The van der Waals surface area contributed by atoms with E-state index in [1.54, 1.807) is 17.0 Å². The van der Waals surface area contributed by atoms with Gasteiger partial charge in [0.05, 0.1) is 13.2 Å². The summed E-state index contributed by atoms with van der Waals surface area (Å²) in [6, 6.07) is 19.9. The number of ether oxygens (including phenoxy) is 1. The third-order valence-electron chi connectivity index (χ3n) is 6.37. The van der Waals surface area contributed by atoms with Crippen LogP contribution in [0.1, 0.15) is 58.2 Å². The second-order valence-electron chi connectivity index (χ2n) is 8.54. The Morgan fingerprint density at radius 2 is 1.65 bits per heavy atom. The molecule has 1 aliphatic heterocycles. The van der Waals surface area contributed by atoms with E-state index >= 15 is 0 Å². The van der Waals surface area contributed by atoms with Gasteiger partial charge in [-0.1, -0.05) is 48.9 Å². The van der Waals surface area contributed by atoms with Crippen molar-refractivity contribution < 1.29 is 19.1 Å². The molecule has 2 atom stereocenters. The Morgan fingerprint density at radius 1 is 1.00 bits per heavy atom. The van der Waals surface area contributed by atoms with Gasteiger partial charge in [-0.3, -0.25) is 9.59 Å². The number of nitrogens with zero attached hydrogens (tertiary/aromatic N) is 1. The van der Waals surface area contributed by atoms with Crippen LogP contribution in [0.2, 0.25) is 0 Å². The third kappa shape index (κ3) is 4.31. The summed E-state index contributed by atoms with van der Waals surface area (Å²) in [6.07, 6.45) is 0.485. The topological polar surface area (TPSA) is 75.7 Å². The van der Waals surface area contributed by atoms with E-state index < -0.39 is 12.0 Å². The molecular weight excluding hydrogens is 428 g/mol. The van der Waals surface area contributed by atoms with E-state index in [2.05, 4.69) is 5.32 Å². The molecule has 1 N–H and O–H groups in total. The average Bonchev–Trinajstić information content (AvgIpc) is 3.10. The summed E-state index contributed by atoms with van der Waals surface area (Å²) in [4.78, 5) is 39.5. The number of rotatable bonds is 6. The number of nitrogens with one attached hydrogen (secondary N) is 1. The highest BCUT2D eigenvalue weighted by Crippen LogP contribution is 2.38. The van der Waals surface area contributed by atoms with Crippen LogP contribution in [-0.2, 0) is 9.53 Å². The van der Waals surface area contributed by atoms with Crippen molar-refractivity contribution in [2.24, 2.45) is 0 Å². The van der Waals surface area contributed by atoms with Gasteiger partial charge in [0.2, 0.25) is 0 Å². The first-order valence-corrected chi connectivity index (χ1v) is 11.4. The molecule has 34 heavy (non-hydrogen) atoms. The lowest BCUT2D eigenvalue weighted by atomic mass is 9.98. The predicted molar refractivity (Wildman–Crippen MR) is 132 cm³/mol. The lowest BCUT2D eigenvalue weighted by Gasteiger charge is -2.29. The molecule has 0 aliphatic carbocycles. The summed E-state index contributed by atoms with van der Waals surface area (Å²) in [7, 11) is 1.34. The first-order chi connectivity index (χ1) is 16.3. The molecule has 0 fully saturated rings. The number of hydrogen-bond donors (Lipinski definition) is 1. The average molecular weight is 457 g/mol. The number of hydrogen-bond acceptors (Lipinski definition) is 4. The van der Waals surface area contributed by atoms with Crippen LogP contribution in [0, 0.1) is 6.92 Å². The molecule has 0 aromatic heterocycles. The molecule has 6 heteroatoms. The Kier molecular flexibility index (Phi) is 6.50. The van der Waals surface area contributed by atoms with Crippen LogP contribution in [0.3, 0.4) is 0 Å². The minimum Gasteiger partial charge on any atom is -0.467 e. The number of anilines is 1. The van der Waals surface area contributed by atoms with Gasteiger partial charge in [0, 0.05) is 16.8 Å². The molecule has 3 aromatic rings. The van der Waals surface area contributed by atoms with E-state index in [0.29, 0.717) is 23.2 Å². The van der Waals surface area contributed by atoms with E-state index in [9.17, 15) is 14.4 Å². The van der Waals surface area contributed by atoms with Gasteiger partial charge in [-0.2, -0.15) is 0 Å². The highest BCUT2D eigenvalue weighted by atomic mass is 16.5. The van der Waals surface area contributed by atoms with Gasteiger partial charge in [0.25, 0.3) is 11.8 Å². The van der Waals surface area contributed by atoms with Gasteiger partial charge in [-0.15, -0.1) is 0 Å². The Bertz CT molecular complexity index is 1230. The SMILES string of the molecule is CC[C@@H](C(=O)OC)N1C(=O)c2cc(-c3ccc(NC(=O)c4ccc(C)cc4)cc3)ccc2[C@@H]1C. The van der Waals surface area contributed by atoms with Crippen molar-refractivity contribution in [3.05, 3.63) is 89.0 Å². The summed E-state index contributed by atoms with van der Waals surface area (Å²) in [5.41, 5.74) is 5.71. The number of benzene rings is 3. The number of esters is 1. The summed E-state index contributed by atoms with van der Waals surface area (Å²) >= 11 is 0. The van der Waals surface area contributed by atoms with Crippen molar-refractivity contribution in [1.29, 1.82) is 0 Å². The first kappa shape index (κ1) is 23.2. The zero-order valence-corrected chi connectivity index (χ0v) is 19.8. The maximum absolute atomic E-state index is 13.2. The molecule has 0 saturated carbocycles. The van der Waals surface area contributed by atoms with Gasteiger partial charge in [-0.05, 0) is 67.3 Å². The monoisotopic (exact) mass is 456 g/mol. The van der Waals surface area contributed by atoms with Crippen LogP contribution in [0.15, 0.2) is 66.7 Å². The van der Waals surface area contributed by atoms with Crippen molar-refractivity contribution in [2.45, 2.75) is 39.3 Å². The van der Waals surface area contributed by atoms with Crippen LogP contribution in [0.4, 0.5) is 5.69 Å². The summed E-state index contributed by atoms with van der Waals surface area (Å²) in [6.45, 7) is 5.78. The number of aryl methyl sites for hydroxylation is 1. The van der Waals surface area contributed by atoms with Gasteiger partial charge >= 0.3 is 5.97 Å². The number of methoxy groups -OCH3 is 1. The van der Waals surface area contributed by atoms with E-state index in [0.717, 1.165) is 22.3 Å². The minimum absolute atomic E-state index is 0.163. The maximum atomic E-state index is 13.2. The molecule has 0 radical (unpaired) electrons. The molecule has 3 aromatic carbocycles. The third-order valence-corrected chi connectivity index (χ3v) is 6.37. The number of amides is 2. The molecule has 2 amide bonds. The molecule has 0 unspecified atom stereocenters. The minimum atomic E-state index is -0.611. The molecule has 6 nitrogen and oxygen atoms in total. The van der Waals surface area contributed by atoms with Gasteiger partial charge in [0.15, 0.2) is 0 Å². The van der Waals surface area contributed by atoms with Gasteiger partial charge in [-0.25, -0.2) is 4.79 Å². The Hall–Kier alpha value is -3.93. The quantitative estimate of drug-likeness (QED) is 0.505. The lowest BCUT2D eigenvalue weighted by Crippen LogP contribution is -2.43. The van der Waals surface area contributed by atoms with Crippen molar-refractivity contribution in [2.75, 3.05) is 12.4 Å². The standard InChI is InChI=1S/C28H28N2O4/c1-5-25(28(33)34-4)30-18(3)23-15-12-21(16-24(23)27(30)32)19-10-13-22(14-11-19)29-26(31)20-8-6-17(2)7-9-20/h6-16,18,25H,5H2,1-4H3,(H,29,31)/t18-,25-/m0/s1. The smallest absolute Gasteiger partial charge is 0.328 e. The highest BCUT2D eigenvalue weighted by molar-refractivity contribution is 6.04. The molecule has 4 rings (SSSR count). The molecule has 0 bridgehead atoms. The second-order valence-corrected chi connectivity index (χ2v) is 8.54. The van der Waals surface area contributed by atoms with E-state index in [1.165, 1.54) is 7.11 Å². The van der Waals surface area contributed by atoms with Crippen LogP contribution in [0.5, 0.6) is 0 Å². The Morgan fingerprint density at radius 3 is 2.26 bits per heavy atom. The van der Waals surface area contributed by atoms with E-state index in [-0.39, 0.29) is 17.9 Å². The van der Waals surface area contributed by atoms with E-state index in [1.807, 2.05) is 75.4 Å². The summed E-state index contributed by atoms with van der Waals surface area (Å²) < 4.78 is 4.91. The first-order valence-electron chi connectivity index (χ1n) is 11.4. The van der Waals surface area contributed by atoms with Crippen molar-refractivity contribution in [1.82, 2.24) is 4.90 Å². The van der Waals surface area contributed by atoms with Crippen molar-refractivity contribution in [3.8, 4) is 11.1 Å². The second kappa shape index (κ2) is 9.51. The maximum Gasteiger partial charge on any atom is 0.328 e. The molecule has 0 spiro atoms. The molecule has 1 heterocycles. The highest BCUT2D eigenvalue weighted by Gasteiger charge is 2.41. The fraction of sp³-hybridized carbons (Fsp3) is 0.250. The zero-order chi connectivity index (χ0) is 24.4. The largest absolute Gasteiger partial charge is 0.467 e. The Labute approximate surface area is 199 Å². The molecule has 0 saturated heterocycles. The van der Waals surface area contributed by atoms with Gasteiger partial charge in [0.1, 0.15) is 6.04 Å². The fourth-order valence-corrected chi connectivity index (χ4v) is 4.43. The van der Waals surface area contributed by atoms with Crippen LogP contribution in [0.25, 0.3) is 11.1 Å². The van der Waals surface area contributed by atoms with Crippen molar-refractivity contribution in [3.63, 3.8) is 0 Å². The molecule has 174 valence electrons. The molecule has 1 aliphatic rings. The normalized spacial score (nSPS) is 15.6. The summed E-state index contributed by atoms with van der Waals surface area (Å²) in [5, 5.41) is 2.91. The lowest BCUT2D eigenvalue weighted by molar-refractivity contribution is -0.146. The summed E-state index contributed by atoms with van der Waals surface area (Å²) in [5.74, 6) is -0.733.